The number of nitriles is 1. The van der Waals surface area contributed by atoms with Crippen molar-refractivity contribution in [3.8, 4) is 6.07 Å². The fourth-order valence-corrected chi connectivity index (χ4v) is 4.46. The maximum atomic E-state index is 12.4. The zero-order valence-electron chi connectivity index (χ0n) is 14.5. The summed E-state index contributed by atoms with van der Waals surface area (Å²) in [7, 11) is 0. The Morgan fingerprint density at radius 3 is 2.85 bits per heavy atom. The average Bonchev–Trinajstić information content (AvgIpc) is 3.22. The predicted molar refractivity (Wildman–Crippen MR) is 106 cm³/mol. The van der Waals surface area contributed by atoms with E-state index in [0.717, 1.165) is 34.7 Å². The highest BCUT2D eigenvalue weighted by Gasteiger charge is 2.27. The highest BCUT2D eigenvalue weighted by molar-refractivity contribution is 8.18. The smallest absolute Gasteiger partial charge is 0.286 e. The van der Waals surface area contributed by atoms with Crippen LogP contribution in [0.1, 0.15) is 31.2 Å². The van der Waals surface area contributed by atoms with E-state index in [1.165, 1.54) is 31.0 Å². The number of amides is 1. The Labute approximate surface area is 157 Å². The molecule has 0 atom stereocenters. The molecule has 1 fully saturated rings. The van der Waals surface area contributed by atoms with Gasteiger partial charge < -0.3 is 9.47 Å². The molecule has 2 aliphatic rings. The van der Waals surface area contributed by atoms with Crippen molar-refractivity contribution in [2.24, 2.45) is 4.99 Å². The van der Waals surface area contributed by atoms with Gasteiger partial charge in [-0.15, -0.1) is 0 Å². The molecule has 26 heavy (non-hydrogen) atoms. The number of benzene rings is 1. The van der Waals surface area contributed by atoms with Gasteiger partial charge in [-0.2, -0.15) is 10.3 Å². The van der Waals surface area contributed by atoms with Crippen molar-refractivity contribution in [3.05, 3.63) is 40.9 Å². The number of fused-ring (bicyclic) bond motifs is 1. The van der Waals surface area contributed by atoms with Gasteiger partial charge in [0.25, 0.3) is 5.91 Å². The van der Waals surface area contributed by atoms with Crippen LogP contribution in [0.25, 0.3) is 17.0 Å². The van der Waals surface area contributed by atoms with Gasteiger partial charge >= 0.3 is 0 Å². The summed E-state index contributed by atoms with van der Waals surface area (Å²) in [6.45, 7) is 2.62. The van der Waals surface area contributed by atoms with Gasteiger partial charge in [0.05, 0.1) is 17.4 Å². The average molecular weight is 364 g/mol. The predicted octanol–water partition coefficient (Wildman–Crippen LogP) is 4.01. The van der Waals surface area contributed by atoms with Crippen LogP contribution in [0.3, 0.4) is 0 Å². The molecule has 0 radical (unpaired) electrons. The fourth-order valence-electron chi connectivity index (χ4n) is 3.51. The molecule has 5 nitrogen and oxygen atoms in total. The topological polar surface area (TPSA) is 61.4 Å². The standard InChI is InChI=1S/C20H20N4OS/c21-9-6-12-24-14-15(16-7-2-3-8-17(16)24)13-18-19(25)22-20(26-18)23-10-4-1-5-11-23/h2-3,7-8,13-14H,1,4-6,10-12H2/b18-13-. The molecule has 0 spiro atoms. The first-order chi connectivity index (χ1) is 12.8. The Balaban J connectivity index is 1.62. The van der Waals surface area contributed by atoms with Gasteiger partial charge in [0, 0.05) is 42.3 Å². The molecule has 0 N–H and O–H groups in total. The van der Waals surface area contributed by atoms with Gasteiger partial charge in [-0.3, -0.25) is 4.79 Å². The quantitative estimate of drug-likeness (QED) is 0.772. The monoisotopic (exact) mass is 364 g/mol. The minimum Gasteiger partial charge on any atom is -0.351 e. The zero-order chi connectivity index (χ0) is 17.9. The molecule has 6 heteroatoms. The minimum absolute atomic E-state index is 0.149. The first-order valence-electron chi connectivity index (χ1n) is 8.98. The lowest BCUT2D eigenvalue weighted by Crippen LogP contribution is -2.33. The number of carbonyl (C=O) groups excluding carboxylic acids is 1. The largest absolute Gasteiger partial charge is 0.351 e. The molecular weight excluding hydrogens is 344 g/mol. The molecule has 1 aromatic heterocycles. The SMILES string of the molecule is N#CCCn1cc(/C=C2\SC(N3CCCCC3)=NC2=O)c2ccccc21. The van der Waals surface area contributed by atoms with Crippen molar-refractivity contribution in [2.75, 3.05) is 13.1 Å². The van der Waals surface area contributed by atoms with E-state index in [1.54, 1.807) is 0 Å². The number of hydrogen-bond donors (Lipinski definition) is 0. The number of rotatable bonds is 3. The number of nitrogens with zero attached hydrogens (tertiary/aromatic N) is 4. The normalized spacial score (nSPS) is 19.2. The molecule has 0 aliphatic carbocycles. The number of amidine groups is 1. The van der Waals surface area contributed by atoms with Crippen LogP contribution in [0, 0.1) is 11.3 Å². The van der Waals surface area contributed by atoms with Crippen LogP contribution in [0.4, 0.5) is 0 Å². The second kappa shape index (κ2) is 7.38. The van der Waals surface area contributed by atoms with E-state index in [9.17, 15) is 4.79 Å². The molecule has 2 aromatic rings. The Kier molecular flexibility index (Phi) is 4.81. The fraction of sp³-hybridized carbons (Fsp3) is 0.350. The molecule has 1 saturated heterocycles. The van der Waals surface area contributed by atoms with Crippen LogP contribution in [0.5, 0.6) is 0 Å². The van der Waals surface area contributed by atoms with Crippen molar-refractivity contribution in [1.29, 1.82) is 5.26 Å². The number of likely N-dealkylation sites (tertiary alicyclic amines) is 1. The highest BCUT2D eigenvalue weighted by atomic mass is 32.2. The number of thioether (sulfide) groups is 1. The summed E-state index contributed by atoms with van der Waals surface area (Å²) < 4.78 is 2.08. The van der Waals surface area contributed by atoms with E-state index < -0.39 is 0 Å². The summed E-state index contributed by atoms with van der Waals surface area (Å²) in [5.41, 5.74) is 2.09. The van der Waals surface area contributed by atoms with Crippen molar-refractivity contribution in [2.45, 2.75) is 32.2 Å². The van der Waals surface area contributed by atoms with E-state index in [2.05, 4.69) is 26.6 Å². The molecule has 0 saturated carbocycles. The lowest BCUT2D eigenvalue weighted by atomic mass is 10.1. The molecule has 132 valence electrons. The zero-order valence-corrected chi connectivity index (χ0v) is 15.3. The van der Waals surface area contributed by atoms with Crippen molar-refractivity contribution < 1.29 is 4.79 Å². The van der Waals surface area contributed by atoms with Gasteiger partial charge in [-0.1, -0.05) is 18.2 Å². The summed E-state index contributed by atoms with van der Waals surface area (Å²) in [5, 5.41) is 10.8. The Bertz CT molecular complexity index is 944. The number of carbonyl (C=O) groups is 1. The Morgan fingerprint density at radius 1 is 1.23 bits per heavy atom. The molecular formula is C20H20N4OS. The van der Waals surface area contributed by atoms with Gasteiger partial charge in [0.1, 0.15) is 0 Å². The molecule has 0 unspecified atom stereocenters. The van der Waals surface area contributed by atoms with Gasteiger partial charge in [0.2, 0.25) is 0 Å². The van der Waals surface area contributed by atoms with E-state index in [4.69, 9.17) is 5.26 Å². The third kappa shape index (κ3) is 3.27. The number of aryl methyl sites for hydroxylation is 1. The van der Waals surface area contributed by atoms with Crippen LogP contribution in [0.15, 0.2) is 40.4 Å². The third-order valence-corrected chi connectivity index (χ3v) is 5.85. The number of para-hydroxylation sites is 1. The molecule has 1 aromatic carbocycles. The van der Waals surface area contributed by atoms with Crippen LogP contribution in [0.2, 0.25) is 0 Å². The summed E-state index contributed by atoms with van der Waals surface area (Å²) in [6, 6.07) is 10.3. The summed E-state index contributed by atoms with van der Waals surface area (Å²) >= 11 is 1.48. The minimum atomic E-state index is -0.149. The Hall–Kier alpha value is -2.52. The van der Waals surface area contributed by atoms with Crippen molar-refractivity contribution in [1.82, 2.24) is 9.47 Å². The number of aliphatic imine (C=N–C) groups is 1. The van der Waals surface area contributed by atoms with Crippen LogP contribution >= 0.6 is 11.8 Å². The second-order valence-electron chi connectivity index (χ2n) is 6.56. The first kappa shape index (κ1) is 16.9. The van der Waals surface area contributed by atoms with E-state index >= 15 is 0 Å². The maximum absolute atomic E-state index is 12.4. The van der Waals surface area contributed by atoms with Crippen molar-refractivity contribution in [3.63, 3.8) is 0 Å². The second-order valence-corrected chi connectivity index (χ2v) is 7.57. The van der Waals surface area contributed by atoms with Gasteiger partial charge in [0.15, 0.2) is 5.17 Å². The molecule has 3 heterocycles. The number of hydrogen-bond acceptors (Lipinski definition) is 4. The van der Waals surface area contributed by atoms with Crippen LogP contribution < -0.4 is 0 Å². The Morgan fingerprint density at radius 2 is 2.04 bits per heavy atom. The van der Waals surface area contributed by atoms with E-state index in [0.29, 0.717) is 17.9 Å². The molecule has 2 aliphatic heterocycles. The lowest BCUT2D eigenvalue weighted by Gasteiger charge is -2.27. The van der Waals surface area contributed by atoms with E-state index in [1.807, 2.05) is 30.5 Å². The van der Waals surface area contributed by atoms with Gasteiger partial charge in [-0.05, 0) is 43.2 Å². The van der Waals surface area contributed by atoms with E-state index in [-0.39, 0.29) is 5.91 Å². The first-order valence-corrected chi connectivity index (χ1v) is 9.80. The third-order valence-electron chi connectivity index (χ3n) is 4.81. The highest BCUT2D eigenvalue weighted by Crippen LogP contribution is 2.33. The lowest BCUT2D eigenvalue weighted by molar-refractivity contribution is -0.113. The number of piperidine rings is 1. The number of aromatic nitrogens is 1. The van der Waals surface area contributed by atoms with Gasteiger partial charge in [-0.25, -0.2) is 0 Å². The molecule has 1 amide bonds. The summed E-state index contributed by atoms with van der Waals surface area (Å²) in [5.74, 6) is -0.149. The summed E-state index contributed by atoms with van der Waals surface area (Å²) in [6.07, 6.45) is 8.02. The summed E-state index contributed by atoms with van der Waals surface area (Å²) in [4.78, 5) is 19.6. The van der Waals surface area contributed by atoms with Crippen LogP contribution in [-0.4, -0.2) is 33.6 Å². The maximum Gasteiger partial charge on any atom is 0.286 e. The van der Waals surface area contributed by atoms with Crippen molar-refractivity contribution >= 4 is 39.8 Å². The molecule has 0 bridgehead atoms. The van der Waals surface area contributed by atoms with Crippen LogP contribution in [-0.2, 0) is 11.3 Å². The molecule has 4 rings (SSSR count).